The van der Waals surface area contributed by atoms with Crippen molar-refractivity contribution in [1.82, 2.24) is 9.71 Å². The van der Waals surface area contributed by atoms with Crippen molar-refractivity contribution in [2.45, 2.75) is 23.8 Å². The van der Waals surface area contributed by atoms with Gasteiger partial charge >= 0.3 is 0 Å². The zero-order valence-electron chi connectivity index (χ0n) is 10.2. The molecule has 2 N–H and O–H groups in total. The molecule has 1 fully saturated rings. The van der Waals surface area contributed by atoms with E-state index in [1.165, 1.54) is 6.07 Å². The quantitative estimate of drug-likeness (QED) is 0.837. The van der Waals surface area contributed by atoms with E-state index in [-0.39, 0.29) is 10.9 Å². The summed E-state index contributed by atoms with van der Waals surface area (Å²) in [6.07, 6.45) is 3.22. The van der Waals surface area contributed by atoms with Gasteiger partial charge < -0.3 is 10.1 Å². The lowest BCUT2D eigenvalue weighted by Crippen LogP contribution is -2.40. The van der Waals surface area contributed by atoms with Crippen LogP contribution in [0.4, 0.5) is 5.82 Å². The first-order chi connectivity index (χ1) is 8.63. The number of rotatable bonds is 4. The molecular formula is C11H17N3O3S. The Morgan fingerprint density at radius 3 is 3.00 bits per heavy atom. The molecule has 100 valence electrons. The fraction of sp³-hybridized carbons (Fsp3) is 0.545. The van der Waals surface area contributed by atoms with E-state index >= 15 is 0 Å². The molecule has 0 amide bonds. The highest BCUT2D eigenvalue weighted by molar-refractivity contribution is 7.89. The van der Waals surface area contributed by atoms with Crippen LogP contribution in [0.5, 0.6) is 0 Å². The Balaban J connectivity index is 2.19. The molecule has 0 aliphatic carbocycles. The number of ether oxygens (including phenoxy) is 1. The molecule has 0 spiro atoms. The Bertz CT molecular complexity index is 498. The first kappa shape index (κ1) is 13.3. The fourth-order valence-corrected chi connectivity index (χ4v) is 3.33. The average molecular weight is 271 g/mol. The molecule has 7 heteroatoms. The second-order valence-corrected chi connectivity index (χ2v) is 5.82. The molecule has 0 aromatic carbocycles. The average Bonchev–Trinajstić information content (AvgIpc) is 2.39. The van der Waals surface area contributed by atoms with Crippen molar-refractivity contribution in [3.8, 4) is 0 Å². The van der Waals surface area contributed by atoms with Gasteiger partial charge in [0.25, 0.3) is 0 Å². The first-order valence-electron chi connectivity index (χ1n) is 5.86. The van der Waals surface area contributed by atoms with Gasteiger partial charge in [-0.1, -0.05) is 0 Å². The molecule has 2 heterocycles. The second kappa shape index (κ2) is 5.64. The highest BCUT2D eigenvalue weighted by Gasteiger charge is 2.24. The van der Waals surface area contributed by atoms with Gasteiger partial charge in [-0.2, -0.15) is 0 Å². The molecule has 0 saturated carbocycles. The summed E-state index contributed by atoms with van der Waals surface area (Å²) in [5.74, 6) is 0.349. The van der Waals surface area contributed by atoms with Gasteiger partial charge in [-0.3, -0.25) is 0 Å². The lowest BCUT2D eigenvalue weighted by molar-refractivity contribution is 0.0774. The standard InChI is InChI=1S/C11H17N3O3S/c1-12-11-10(5-2-6-13-11)18(15,16)14-9-4-3-7-17-8-9/h2,5-6,9,14H,3-4,7-8H2,1H3,(H,12,13). The molecule has 1 aliphatic rings. The summed E-state index contributed by atoms with van der Waals surface area (Å²) in [4.78, 5) is 4.16. The van der Waals surface area contributed by atoms with Crippen LogP contribution >= 0.6 is 0 Å². The molecule has 6 nitrogen and oxygen atoms in total. The van der Waals surface area contributed by atoms with Crippen LogP contribution in [0.1, 0.15) is 12.8 Å². The van der Waals surface area contributed by atoms with Crippen molar-refractivity contribution in [3.63, 3.8) is 0 Å². The molecule has 1 aromatic heterocycles. The Morgan fingerprint density at radius 2 is 2.33 bits per heavy atom. The van der Waals surface area contributed by atoms with E-state index in [0.717, 1.165) is 12.8 Å². The van der Waals surface area contributed by atoms with Gasteiger partial charge in [0, 0.05) is 25.9 Å². The van der Waals surface area contributed by atoms with E-state index in [9.17, 15) is 8.42 Å². The van der Waals surface area contributed by atoms with Gasteiger partial charge in [0.15, 0.2) is 0 Å². The van der Waals surface area contributed by atoms with Gasteiger partial charge in [0.1, 0.15) is 10.7 Å². The molecule has 1 aliphatic heterocycles. The molecular weight excluding hydrogens is 254 g/mol. The van der Waals surface area contributed by atoms with Gasteiger partial charge in [-0.15, -0.1) is 0 Å². The molecule has 1 atom stereocenters. The highest BCUT2D eigenvalue weighted by Crippen LogP contribution is 2.18. The van der Waals surface area contributed by atoms with Crippen LogP contribution in [-0.4, -0.2) is 39.7 Å². The van der Waals surface area contributed by atoms with Gasteiger partial charge in [0.2, 0.25) is 10.0 Å². The molecule has 18 heavy (non-hydrogen) atoms. The first-order valence-corrected chi connectivity index (χ1v) is 7.34. The summed E-state index contributed by atoms with van der Waals surface area (Å²) in [5, 5.41) is 2.78. The van der Waals surface area contributed by atoms with Crippen LogP contribution in [0.2, 0.25) is 0 Å². The fourth-order valence-electron chi connectivity index (χ4n) is 1.91. The molecule has 1 aromatic rings. The van der Waals surface area contributed by atoms with Crippen molar-refractivity contribution < 1.29 is 13.2 Å². The molecule has 1 saturated heterocycles. The SMILES string of the molecule is CNc1ncccc1S(=O)(=O)NC1CCCOC1. The van der Waals surface area contributed by atoms with Gasteiger partial charge in [-0.05, 0) is 25.0 Å². The maximum atomic E-state index is 12.2. The monoisotopic (exact) mass is 271 g/mol. The van der Waals surface area contributed by atoms with E-state index in [0.29, 0.717) is 19.0 Å². The molecule has 0 radical (unpaired) electrons. The van der Waals surface area contributed by atoms with Crippen molar-refractivity contribution in [3.05, 3.63) is 18.3 Å². The number of aromatic nitrogens is 1. The number of hydrogen-bond acceptors (Lipinski definition) is 5. The van der Waals surface area contributed by atoms with E-state index in [2.05, 4.69) is 15.0 Å². The summed E-state index contributed by atoms with van der Waals surface area (Å²) in [6, 6.07) is 2.98. The molecule has 2 rings (SSSR count). The second-order valence-electron chi connectivity index (χ2n) is 4.14. The topological polar surface area (TPSA) is 80.3 Å². The van der Waals surface area contributed by atoms with Crippen LogP contribution in [0, 0.1) is 0 Å². The third kappa shape index (κ3) is 2.98. The van der Waals surface area contributed by atoms with Crippen LogP contribution in [0.3, 0.4) is 0 Å². The van der Waals surface area contributed by atoms with E-state index < -0.39 is 10.0 Å². The largest absolute Gasteiger partial charge is 0.380 e. The zero-order chi connectivity index (χ0) is 13.0. The Kier molecular flexibility index (Phi) is 4.15. The van der Waals surface area contributed by atoms with E-state index in [1.807, 2.05) is 0 Å². The lowest BCUT2D eigenvalue weighted by Gasteiger charge is -2.23. The normalized spacial score (nSPS) is 20.6. The van der Waals surface area contributed by atoms with Crippen LogP contribution in [0.15, 0.2) is 23.2 Å². The van der Waals surface area contributed by atoms with Crippen molar-refractivity contribution in [2.75, 3.05) is 25.6 Å². The lowest BCUT2D eigenvalue weighted by atomic mass is 10.1. The van der Waals surface area contributed by atoms with Crippen molar-refractivity contribution in [2.24, 2.45) is 0 Å². The summed E-state index contributed by atoms with van der Waals surface area (Å²) in [7, 11) is -1.91. The minimum Gasteiger partial charge on any atom is -0.380 e. The predicted octanol–water partition coefficient (Wildman–Crippen LogP) is 0.581. The predicted molar refractivity (Wildman–Crippen MR) is 67.9 cm³/mol. The maximum Gasteiger partial charge on any atom is 0.244 e. The van der Waals surface area contributed by atoms with Crippen LogP contribution in [-0.2, 0) is 14.8 Å². The number of nitrogens with one attached hydrogen (secondary N) is 2. The molecule has 0 bridgehead atoms. The highest BCUT2D eigenvalue weighted by atomic mass is 32.2. The maximum absolute atomic E-state index is 12.2. The van der Waals surface area contributed by atoms with E-state index in [1.54, 1.807) is 19.3 Å². The Morgan fingerprint density at radius 1 is 1.50 bits per heavy atom. The summed E-state index contributed by atoms with van der Waals surface area (Å²) < 4.78 is 32.4. The summed E-state index contributed by atoms with van der Waals surface area (Å²) >= 11 is 0. The third-order valence-corrected chi connectivity index (χ3v) is 4.33. The smallest absolute Gasteiger partial charge is 0.244 e. The summed E-state index contributed by atoms with van der Waals surface area (Å²) in [5.41, 5.74) is 0. The van der Waals surface area contributed by atoms with Gasteiger partial charge in [-0.25, -0.2) is 18.1 Å². The number of nitrogens with zero attached hydrogens (tertiary/aromatic N) is 1. The zero-order valence-corrected chi connectivity index (χ0v) is 11.0. The minimum atomic E-state index is -3.56. The Hall–Kier alpha value is -1.18. The number of sulfonamides is 1. The number of pyridine rings is 1. The van der Waals surface area contributed by atoms with Crippen molar-refractivity contribution >= 4 is 15.8 Å². The summed E-state index contributed by atoms with van der Waals surface area (Å²) in [6.45, 7) is 1.13. The third-order valence-electron chi connectivity index (χ3n) is 2.78. The van der Waals surface area contributed by atoms with Crippen LogP contribution in [0.25, 0.3) is 0 Å². The number of hydrogen-bond donors (Lipinski definition) is 2. The van der Waals surface area contributed by atoms with Crippen LogP contribution < -0.4 is 10.0 Å². The molecule has 1 unspecified atom stereocenters. The number of anilines is 1. The minimum absolute atomic E-state index is 0.159. The Labute approximate surface area is 107 Å². The van der Waals surface area contributed by atoms with Gasteiger partial charge in [0.05, 0.1) is 6.61 Å². The van der Waals surface area contributed by atoms with Crippen molar-refractivity contribution in [1.29, 1.82) is 0 Å². The van der Waals surface area contributed by atoms with E-state index in [4.69, 9.17) is 4.74 Å².